The molecule has 0 aromatic heterocycles. The van der Waals surface area contributed by atoms with Crippen LogP contribution in [0.3, 0.4) is 0 Å². The fraction of sp³-hybridized carbons (Fsp3) is 0.143. The largest absolute Gasteiger partial charge is 0.505 e. The van der Waals surface area contributed by atoms with Gasteiger partial charge in [0.15, 0.2) is 11.6 Å². The SMILES string of the molecule is O=[N+]([O-])c1cc(C(F)(F)F)ccc1NCc1ccc(O)c(F)c1. The van der Waals surface area contributed by atoms with Crippen molar-refractivity contribution in [1.82, 2.24) is 0 Å². The van der Waals surface area contributed by atoms with Gasteiger partial charge in [-0.15, -0.1) is 0 Å². The van der Waals surface area contributed by atoms with Gasteiger partial charge < -0.3 is 10.4 Å². The highest BCUT2D eigenvalue weighted by Crippen LogP contribution is 2.35. The van der Waals surface area contributed by atoms with Crippen LogP contribution in [0.2, 0.25) is 0 Å². The lowest BCUT2D eigenvalue weighted by atomic mass is 10.1. The Balaban J connectivity index is 2.25. The van der Waals surface area contributed by atoms with Gasteiger partial charge in [0.25, 0.3) is 5.69 Å². The number of hydrogen-bond acceptors (Lipinski definition) is 4. The number of benzene rings is 2. The van der Waals surface area contributed by atoms with Crippen molar-refractivity contribution in [2.45, 2.75) is 12.7 Å². The highest BCUT2D eigenvalue weighted by Gasteiger charge is 2.33. The standard InChI is InChI=1S/C14H10F4N2O3/c15-10-5-8(1-4-13(10)21)7-19-11-3-2-9(14(16,17)18)6-12(11)20(22)23/h1-6,19,21H,7H2. The number of phenolic OH excluding ortho intramolecular Hbond substituents is 1. The highest BCUT2D eigenvalue weighted by molar-refractivity contribution is 5.63. The summed E-state index contributed by atoms with van der Waals surface area (Å²) in [6.45, 7) is -0.0661. The molecule has 0 radical (unpaired) electrons. The van der Waals surface area contributed by atoms with Gasteiger partial charge in [-0.3, -0.25) is 10.1 Å². The van der Waals surface area contributed by atoms with Crippen molar-refractivity contribution >= 4 is 11.4 Å². The first kappa shape index (κ1) is 16.5. The molecule has 0 aliphatic heterocycles. The molecule has 0 amide bonds. The Kier molecular flexibility index (Phi) is 4.39. The number of rotatable bonds is 4. The number of nitro benzene ring substituents is 1. The zero-order chi connectivity index (χ0) is 17.2. The molecule has 0 unspecified atom stereocenters. The molecule has 2 aromatic rings. The van der Waals surface area contributed by atoms with E-state index in [1.165, 1.54) is 6.07 Å². The molecule has 0 atom stereocenters. The maximum atomic E-state index is 13.2. The number of hydrogen-bond donors (Lipinski definition) is 2. The average molecular weight is 330 g/mol. The van der Waals surface area contributed by atoms with Crippen molar-refractivity contribution in [3.05, 3.63) is 63.5 Å². The van der Waals surface area contributed by atoms with E-state index < -0.39 is 33.9 Å². The first-order valence-electron chi connectivity index (χ1n) is 6.25. The Morgan fingerprint density at radius 2 is 1.87 bits per heavy atom. The fourth-order valence-electron chi connectivity index (χ4n) is 1.87. The van der Waals surface area contributed by atoms with Gasteiger partial charge in [-0.05, 0) is 29.8 Å². The molecule has 0 saturated heterocycles. The molecular formula is C14H10F4N2O3. The van der Waals surface area contributed by atoms with Crippen molar-refractivity contribution in [3.8, 4) is 5.75 Å². The molecule has 0 bridgehead atoms. The maximum Gasteiger partial charge on any atom is 0.416 e. The molecule has 0 fully saturated rings. The van der Waals surface area contributed by atoms with Crippen LogP contribution < -0.4 is 5.32 Å². The van der Waals surface area contributed by atoms with Gasteiger partial charge in [0.2, 0.25) is 0 Å². The smallest absolute Gasteiger partial charge is 0.416 e. The summed E-state index contributed by atoms with van der Waals surface area (Å²) in [7, 11) is 0. The van der Waals surface area contributed by atoms with E-state index in [0.717, 1.165) is 18.2 Å². The van der Waals surface area contributed by atoms with Gasteiger partial charge in [-0.1, -0.05) is 6.07 Å². The first-order chi connectivity index (χ1) is 10.7. The van der Waals surface area contributed by atoms with Crippen LogP contribution in [-0.4, -0.2) is 10.0 Å². The van der Waals surface area contributed by atoms with Crippen LogP contribution in [0.5, 0.6) is 5.75 Å². The normalized spacial score (nSPS) is 11.3. The predicted molar refractivity (Wildman–Crippen MR) is 73.5 cm³/mol. The van der Waals surface area contributed by atoms with E-state index in [-0.39, 0.29) is 12.2 Å². The van der Waals surface area contributed by atoms with Crippen LogP contribution in [0.4, 0.5) is 28.9 Å². The predicted octanol–water partition coefficient (Wildman–Crippen LogP) is 4.07. The molecule has 2 rings (SSSR count). The summed E-state index contributed by atoms with van der Waals surface area (Å²) in [6, 6.07) is 5.58. The molecule has 2 N–H and O–H groups in total. The molecule has 0 spiro atoms. The Bertz CT molecular complexity index is 747. The molecule has 2 aromatic carbocycles. The van der Waals surface area contributed by atoms with Crippen LogP contribution in [0.25, 0.3) is 0 Å². The Labute approximate surface area is 127 Å². The minimum absolute atomic E-state index is 0.0661. The molecule has 122 valence electrons. The summed E-state index contributed by atoms with van der Waals surface area (Å²) in [5.74, 6) is -1.42. The molecule has 9 heteroatoms. The quantitative estimate of drug-likeness (QED) is 0.503. The van der Waals surface area contributed by atoms with Crippen LogP contribution in [0.1, 0.15) is 11.1 Å². The topological polar surface area (TPSA) is 75.4 Å². The van der Waals surface area contributed by atoms with E-state index in [0.29, 0.717) is 17.7 Å². The molecule has 0 aliphatic rings. The van der Waals surface area contributed by atoms with E-state index in [9.17, 15) is 27.7 Å². The lowest BCUT2D eigenvalue weighted by molar-refractivity contribution is -0.384. The van der Waals surface area contributed by atoms with Crippen LogP contribution in [-0.2, 0) is 12.7 Å². The summed E-state index contributed by atoms with van der Waals surface area (Å²) in [5.41, 5.74) is -1.64. The van der Waals surface area contributed by atoms with E-state index in [4.69, 9.17) is 5.11 Å². The van der Waals surface area contributed by atoms with Gasteiger partial charge >= 0.3 is 6.18 Å². The Morgan fingerprint density at radius 1 is 1.17 bits per heavy atom. The maximum absolute atomic E-state index is 13.2. The number of alkyl halides is 3. The highest BCUT2D eigenvalue weighted by atomic mass is 19.4. The van der Waals surface area contributed by atoms with E-state index in [1.807, 2.05) is 0 Å². The molecule has 0 heterocycles. The van der Waals surface area contributed by atoms with Crippen molar-refractivity contribution < 1.29 is 27.6 Å². The van der Waals surface area contributed by atoms with Gasteiger partial charge in [0.1, 0.15) is 5.69 Å². The lowest BCUT2D eigenvalue weighted by Gasteiger charge is -2.11. The zero-order valence-corrected chi connectivity index (χ0v) is 11.4. The second-order valence-electron chi connectivity index (χ2n) is 4.63. The van der Waals surface area contributed by atoms with Crippen molar-refractivity contribution in [2.24, 2.45) is 0 Å². The van der Waals surface area contributed by atoms with Gasteiger partial charge in [0, 0.05) is 12.6 Å². The van der Waals surface area contributed by atoms with Crippen LogP contribution >= 0.6 is 0 Å². The monoisotopic (exact) mass is 330 g/mol. The fourth-order valence-corrected chi connectivity index (χ4v) is 1.87. The van der Waals surface area contributed by atoms with E-state index >= 15 is 0 Å². The van der Waals surface area contributed by atoms with E-state index in [2.05, 4.69) is 5.32 Å². The Hall–Kier alpha value is -2.84. The van der Waals surface area contributed by atoms with Crippen molar-refractivity contribution in [3.63, 3.8) is 0 Å². The van der Waals surface area contributed by atoms with Crippen LogP contribution in [0.15, 0.2) is 36.4 Å². The summed E-state index contributed by atoms with van der Waals surface area (Å²) >= 11 is 0. The number of phenols is 1. The zero-order valence-electron chi connectivity index (χ0n) is 11.4. The van der Waals surface area contributed by atoms with Crippen molar-refractivity contribution in [2.75, 3.05) is 5.32 Å². The second kappa shape index (κ2) is 6.11. The second-order valence-corrected chi connectivity index (χ2v) is 4.63. The minimum atomic E-state index is -4.69. The summed E-state index contributed by atoms with van der Waals surface area (Å²) in [6.07, 6.45) is -4.69. The van der Waals surface area contributed by atoms with Crippen molar-refractivity contribution in [1.29, 1.82) is 0 Å². The molecule has 0 aliphatic carbocycles. The summed E-state index contributed by atoms with van der Waals surface area (Å²) in [5, 5.41) is 22.6. The molecule has 23 heavy (non-hydrogen) atoms. The van der Waals surface area contributed by atoms with Crippen LogP contribution in [0, 0.1) is 15.9 Å². The summed E-state index contributed by atoms with van der Waals surface area (Å²) < 4.78 is 50.9. The van der Waals surface area contributed by atoms with Gasteiger partial charge in [-0.25, -0.2) is 4.39 Å². The van der Waals surface area contributed by atoms with Gasteiger partial charge in [-0.2, -0.15) is 13.2 Å². The number of anilines is 1. The van der Waals surface area contributed by atoms with E-state index in [1.54, 1.807) is 0 Å². The molecule has 5 nitrogen and oxygen atoms in total. The number of nitro groups is 1. The number of nitrogens with zero attached hydrogens (tertiary/aromatic N) is 1. The molecular weight excluding hydrogens is 320 g/mol. The number of halogens is 4. The average Bonchev–Trinajstić information content (AvgIpc) is 2.47. The third kappa shape index (κ3) is 3.87. The lowest BCUT2D eigenvalue weighted by Crippen LogP contribution is -2.08. The molecule has 0 saturated carbocycles. The third-order valence-electron chi connectivity index (χ3n) is 3.02. The third-order valence-corrected chi connectivity index (χ3v) is 3.02. The summed E-state index contributed by atoms with van der Waals surface area (Å²) in [4.78, 5) is 9.98. The van der Waals surface area contributed by atoms with Gasteiger partial charge in [0.05, 0.1) is 10.5 Å². The first-order valence-corrected chi connectivity index (χ1v) is 6.25. The Morgan fingerprint density at radius 3 is 2.43 bits per heavy atom. The number of nitrogens with one attached hydrogen (secondary N) is 1. The number of aromatic hydroxyl groups is 1. The minimum Gasteiger partial charge on any atom is -0.505 e.